The van der Waals surface area contributed by atoms with E-state index in [-0.39, 0.29) is 24.5 Å². The average Bonchev–Trinajstić information content (AvgIpc) is 2.63. The lowest BCUT2D eigenvalue weighted by Crippen LogP contribution is -2.20. The number of hydrogen-bond donors (Lipinski definition) is 3. The van der Waals surface area contributed by atoms with Crippen molar-refractivity contribution < 1.29 is 19.4 Å². The van der Waals surface area contributed by atoms with Gasteiger partial charge in [-0.05, 0) is 48.9 Å². The van der Waals surface area contributed by atoms with Crippen molar-refractivity contribution in [3.63, 3.8) is 0 Å². The Bertz CT molecular complexity index is 839. The minimum Gasteiger partial charge on any atom is -0.504 e. The van der Waals surface area contributed by atoms with Crippen LogP contribution >= 0.6 is 11.6 Å². The van der Waals surface area contributed by atoms with Gasteiger partial charge < -0.3 is 15.2 Å². The molecule has 142 valence electrons. The fourth-order valence-corrected chi connectivity index (χ4v) is 2.32. The summed E-state index contributed by atoms with van der Waals surface area (Å²) in [6.45, 7) is 2.23. The molecule has 0 heterocycles. The Kier molecular flexibility index (Phi) is 7.63. The molecule has 7 nitrogen and oxygen atoms in total. The molecule has 0 aliphatic carbocycles. The molecule has 8 heteroatoms. The monoisotopic (exact) mass is 389 g/mol. The first-order valence-electron chi connectivity index (χ1n) is 8.31. The van der Waals surface area contributed by atoms with Gasteiger partial charge in [-0.1, -0.05) is 17.7 Å². The second-order valence-electron chi connectivity index (χ2n) is 5.51. The van der Waals surface area contributed by atoms with E-state index in [2.05, 4.69) is 15.8 Å². The van der Waals surface area contributed by atoms with Crippen molar-refractivity contribution in [3.8, 4) is 11.5 Å². The predicted molar refractivity (Wildman–Crippen MR) is 104 cm³/mol. The van der Waals surface area contributed by atoms with Gasteiger partial charge in [-0.25, -0.2) is 5.43 Å². The van der Waals surface area contributed by atoms with Gasteiger partial charge in [0.15, 0.2) is 11.5 Å². The number of phenolic OH excluding ortho intramolecular Hbond substituents is 1. The maximum atomic E-state index is 11.8. The Morgan fingerprint density at radius 3 is 2.70 bits per heavy atom. The first-order valence-corrected chi connectivity index (χ1v) is 8.69. The highest BCUT2D eigenvalue weighted by molar-refractivity contribution is 6.30. The van der Waals surface area contributed by atoms with E-state index in [1.807, 2.05) is 6.92 Å². The lowest BCUT2D eigenvalue weighted by molar-refractivity contribution is -0.124. The number of hydrazone groups is 1. The zero-order chi connectivity index (χ0) is 19.6. The molecule has 0 aromatic heterocycles. The van der Waals surface area contributed by atoms with Gasteiger partial charge in [-0.15, -0.1) is 0 Å². The normalized spacial score (nSPS) is 10.6. The van der Waals surface area contributed by atoms with Crippen LogP contribution in [-0.2, 0) is 9.59 Å². The molecule has 2 rings (SSSR count). The third kappa shape index (κ3) is 6.99. The largest absolute Gasteiger partial charge is 0.504 e. The van der Waals surface area contributed by atoms with Crippen molar-refractivity contribution in [1.82, 2.24) is 5.43 Å². The summed E-state index contributed by atoms with van der Waals surface area (Å²) in [5.41, 5.74) is 3.57. The number of benzene rings is 2. The Morgan fingerprint density at radius 1 is 1.19 bits per heavy atom. The Labute approximate surface area is 162 Å². The van der Waals surface area contributed by atoms with Crippen LogP contribution in [0.25, 0.3) is 0 Å². The van der Waals surface area contributed by atoms with E-state index in [0.717, 1.165) is 0 Å². The molecule has 0 spiro atoms. The van der Waals surface area contributed by atoms with Gasteiger partial charge in [0.05, 0.1) is 12.8 Å². The van der Waals surface area contributed by atoms with E-state index in [0.29, 0.717) is 28.6 Å². The number of hydrogen-bond acceptors (Lipinski definition) is 5. The van der Waals surface area contributed by atoms with E-state index >= 15 is 0 Å². The van der Waals surface area contributed by atoms with Crippen molar-refractivity contribution >= 4 is 35.3 Å². The quantitative estimate of drug-likeness (QED) is 0.476. The summed E-state index contributed by atoms with van der Waals surface area (Å²) in [7, 11) is 0. The van der Waals surface area contributed by atoms with Crippen molar-refractivity contribution in [2.45, 2.75) is 19.8 Å². The first-order chi connectivity index (χ1) is 13.0. The predicted octanol–water partition coefficient (Wildman–Crippen LogP) is 3.31. The van der Waals surface area contributed by atoms with Crippen LogP contribution < -0.4 is 15.5 Å². The van der Waals surface area contributed by atoms with Crippen LogP contribution in [0.2, 0.25) is 5.02 Å². The lowest BCUT2D eigenvalue weighted by Gasteiger charge is -2.06. The molecule has 0 saturated carbocycles. The highest BCUT2D eigenvalue weighted by Gasteiger charge is 2.07. The van der Waals surface area contributed by atoms with Gasteiger partial charge in [0.1, 0.15) is 0 Å². The number of carbonyl (C=O) groups excluding carboxylic acids is 2. The Balaban J connectivity index is 1.78. The topological polar surface area (TPSA) is 100 Å². The van der Waals surface area contributed by atoms with Gasteiger partial charge in [0.2, 0.25) is 11.8 Å². The van der Waals surface area contributed by atoms with Crippen LogP contribution in [0, 0.1) is 0 Å². The van der Waals surface area contributed by atoms with Crippen molar-refractivity contribution in [2.24, 2.45) is 5.10 Å². The summed E-state index contributed by atoms with van der Waals surface area (Å²) in [4.78, 5) is 23.6. The number of amides is 2. The van der Waals surface area contributed by atoms with Crippen LogP contribution in [0.15, 0.2) is 47.6 Å². The molecular formula is C19H20ClN3O4. The zero-order valence-electron chi connectivity index (χ0n) is 14.7. The van der Waals surface area contributed by atoms with Crippen LogP contribution in [0.5, 0.6) is 11.5 Å². The second kappa shape index (κ2) is 10.2. The van der Waals surface area contributed by atoms with E-state index < -0.39 is 5.91 Å². The number of phenols is 1. The summed E-state index contributed by atoms with van der Waals surface area (Å²) in [6.07, 6.45) is 1.43. The summed E-state index contributed by atoms with van der Waals surface area (Å²) < 4.78 is 5.27. The molecular weight excluding hydrogens is 370 g/mol. The smallest absolute Gasteiger partial charge is 0.240 e. The zero-order valence-corrected chi connectivity index (χ0v) is 15.5. The molecule has 3 N–H and O–H groups in total. The molecule has 2 amide bonds. The van der Waals surface area contributed by atoms with E-state index in [4.69, 9.17) is 16.3 Å². The van der Waals surface area contributed by atoms with Crippen LogP contribution in [0.1, 0.15) is 25.3 Å². The molecule has 2 aromatic rings. The molecule has 0 fully saturated rings. The Morgan fingerprint density at radius 2 is 1.96 bits per heavy atom. The minimum atomic E-state index is -0.392. The third-order valence-electron chi connectivity index (χ3n) is 3.37. The molecule has 0 unspecified atom stereocenters. The lowest BCUT2D eigenvalue weighted by atomic mass is 10.2. The maximum Gasteiger partial charge on any atom is 0.240 e. The maximum absolute atomic E-state index is 11.8. The van der Waals surface area contributed by atoms with Crippen molar-refractivity contribution in [1.29, 1.82) is 0 Å². The molecule has 0 bridgehead atoms. The second-order valence-corrected chi connectivity index (χ2v) is 5.95. The highest BCUT2D eigenvalue weighted by Crippen LogP contribution is 2.26. The summed E-state index contributed by atoms with van der Waals surface area (Å²) in [5.74, 6) is -0.318. The fourth-order valence-electron chi connectivity index (χ4n) is 2.13. The minimum absolute atomic E-state index is 0.0104. The fraction of sp³-hybridized carbons (Fsp3) is 0.211. The molecule has 27 heavy (non-hydrogen) atoms. The third-order valence-corrected chi connectivity index (χ3v) is 3.61. The van der Waals surface area contributed by atoms with Crippen LogP contribution in [0.4, 0.5) is 5.69 Å². The number of ether oxygens (including phenoxy) is 1. The number of halogens is 1. The van der Waals surface area contributed by atoms with Gasteiger partial charge in [-0.2, -0.15) is 5.10 Å². The first kappa shape index (κ1) is 20.3. The number of nitrogens with zero attached hydrogens (tertiary/aromatic N) is 1. The highest BCUT2D eigenvalue weighted by atomic mass is 35.5. The SMILES string of the molecule is CCOc1cc(/C=N/NC(=O)CCC(=O)Nc2cccc(Cl)c2)ccc1O. The summed E-state index contributed by atoms with van der Waals surface area (Å²) in [6, 6.07) is 11.5. The van der Waals surface area contributed by atoms with Gasteiger partial charge in [-0.3, -0.25) is 9.59 Å². The van der Waals surface area contributed by atoms with E-state index in [1.54, 1.807) is 36.4 Å². The molecule has 0 aliphatic rings. The molecule has 0 atom stereocenters. The van der Waals surface area contributed by atoms with Gasteiger partial charge >= 0.3 is 0 Å². The van der Waals surface area contributed by atoms with Crippen LogP contribution in [-0.4, -0.2) is 29.7 Å². The number of rotatable bonds is 8. The van der Waals surface area contributed by atoms with Crippen LogP contribution in [0.3, 0.4) is 0 Å². The van der Waals surface area contributed by atoms with E-state index in [1.165, 1.54) is 12.3 Å². The van der Waals surface area contributed by atoms with E-state index in [9.17, 15) is 14.7 Å². The molecule has 0 aliphatic heterocycles. The van der Waals surface area contributed by atoms with Crippen molar-refractivity contribution in [3.05, 3.63) is 53.1 Å². The molecule has 0 radical (unpaired) electrons. The standard InChI is InChI=1S/C19H20ClN3O4/c1-2-27-17-10-13(6-7-16(17)24)12-21-23-19(26)9-8-18(25)22-15-5-3-4-14(20)11-15/h3-7,10-12,24H,2,8-9H2,1H3,(H,22,25)(H,23,26)/b21-12+. The number of carbonyl (C=O) groups is 2. The van der Waals surface area contributed by atoms with Gasteiger partial charge in [0.25, 0.3) is 0 Å². The average molecular weight is 390 g/mol. The molecule has 0 saturated heterocycles. The Hall–Kier alpha value is -3.06. The summed E-state index contributed by atoms with van der Waals surface area (Å²) in [5, 5.41) is 16.7. The number of nitrogens with one attached hydrogen (secondary N) is 2. The van der Waals surface area contributed by atoms with Crippen molar-refractivity contribution in [2.75, 3.05) is 11.9 Å². The summed E-state index contributed by atoms with van der Waals surface area (Å²) >= 11 is 5.85. The molecule has 2 aromatic carbocycles. The van der Waals surface area contributed by atoms with Gasteiger partial charge in [0, 0.05) is 23.6 Å². The number of aromatic hydroxyl groups is 1. The number of anilines is 1.